The third-order valence-corrected chi connectivity index (χ3v) is 3.46. The van der Waals surface area contributed by atoms with Crippen LogP contribution in [0.4, 0.5) is 5.69 Å². The molecule has 22 heavy (non-hydrogen) atoms. The van der Waals surface area contributed by atoms with E-state index in [2.05, 4.69) is 10.0 Å². The van der Waals surface area contributed by atoms with Gasteiger partial charge in [0.1, 0.15) is 12.4 Å². The predicted molar refractivity (Wildman–Crippen MR) is 86.2 cm³/mol. The van der Waals surface area contributed by atoms with Gasteiger partial charge in [-0.1, -0.05) is 13.8 Å². The van der Waals surface area contributed by atoms with Crippen LogP contribution in [-0.4, -0.2) is 39.8 Å². The molecule has 0 aromatic heterocycles. The molecule has 0 spiro atoms. The lowest BCUT2D eigenvalue weighted by molar-refractivity contribution is -0.123. The van der Waals surface area contributed by atoms with Crippen LogP contribution >= 0.6 is 0 Å². The zero-order valence-corrected chi connectivity index (χ0v) is 13.8. The standard InChI is InChI=1S/C14H23N3O4S/c1-10(2)13(15)14(18)16-8-9-21-12-6-4-11(5-7-12)17-22(3,19)20/h4-7,10,13,17H,8-9,15H2,1-3H3,(H,16,18)/t13-/m0/s1. The van der Waals surface area contributed by atoms with Gasteiger partial charge in [0.2, 0.25) is 15.9 Å². The minimum absolute atomic E-state index is 0.0795. The van der Waals surface area contributed by atoms with E-state index in [1.165, 1.54) is 0 Å². The van der Waals surface area contributed by atoms with Crippen molar-refractivity contribution in [2.75, 3.05) is 24.1 Å². The Morgan fingerprint density at radius 3 is 2.36 bits per heavy atom. The lowest BCUT2D eigenvalue weighted by atomic mass is 10.1. The number of nitrogens with one attached hydrogen (secondary N) is 2. The van der Waals surface area contributed by atoms with Gasteiger partial charge in [0.15, 0.2) is 0 Å². The van der Waals surface area contributed by atoms with Crippen LogP contribution in [0.3, 0.4) is 0 Å². The van der Waals surface area contributed by atoms with Crippen LogP contribution in [0.1, 0.15) is 13.8 Å². The van der Waals surface area contributed by atoms with Gasteiger partial charge < -0.3 is 15.8 Å². The molecule has 0 fully saturated rings. The molecule has 8 heteroatoms. The molecular weight excluding hydrogens is 306 g/mol. The van der Waals surface area contributed by atoms with Crippen molar-refractivity contribution in [2.24, 2.45) is 11.7 Å². The average molecular weight is 329 g/mol. The highest BCUT2D eigenvalue weighted by molar-refractivity contribution is 7.92. The van der Waals surface area contributed by atoms with E-state index in [4.69, 9.17) is 10.5 Å². The van der Waals surface area contributed by atoms with Crippen LogP contribution < -0.4 is 20.5 Å². The monoisotopic (exact) mass is 329 g/mol. The van der Waals surface area contributed by atoms with E-state index in [9.17, 15) is 13.2 Å². The van der Waals surface area contributed by atoms with Gasteiger partial charge >= 0.3 is 0 Å². The number of hydrogen-bond acceptors (Lipinski definition) is 5. The Morgan fingerprint density at radius 2 is 1.86 bits per heavy atom. The summed E-state index contributed by atoms with van der Waals surface area (Å²) >= 11 is 0. The molecule has 0 saturated heterocycles. The summed E-state index contributed by atoms with van der Waals surface area (Å²) in [6, 6.07) is 5.97. The summed E-state index contributed by atoms with van der Waals surface area (Å²) < 4.78 is 29.9. The minimum Gasteiger partial charge on any atom is -0.492 e. The number of carbonyl (C=O) groups excluding carboxylic acids is 1. The topological polar surface area (TPSA) is 111 Å². The van der Waals surface area contributed by atoms with Crippen LogP contribution in [0.15, 0.2) is 24.3 Å². The Hall–Kier alpha value is -1.80. The van der Waals surface area contributed by atoms with Crippen LogP contribution in [0.5, 0.6) is 5.75 Å². The zero-order chi connectivity index (χ0) is 16.8. The molecule has 0 aliphatic carbocycles. The summed E-state index contributed by atoms with van der Waals surface area (Å²) in [6.45, 7) is 4.41. The first kappa shape index (κ1) is 18.2. The summed E-state index contributed by atoms with van der Waals surface area (Å²) in [6.07, 6.45) is 1.09. The Morgan fingerprint density at radius 1 is 1.27 bits per heavy atom. The lowest BCUT2D eigenvalue weighted by Gasteiger charge is -2.15. The number of sulfonamides is 1. The van der Waals surface area contributed by atoms with E-state index in [0.29, 0.717) is 24.6 Å². The highest BCUT2D eigenvalue weighted by Crippen LogP contribution is 2.16. The van der Waals surface area contributed by atoms with E-state index in [1.807, 2.05) is 13.8 Å². The summed E-state index contributed by atoms with van der Waals surface area (Å²) in [5, 5.41) is 2.70. The van der Waals surface area contributed by atoms with E-state index < -0.39 is 16.1 Å². The molecule has 4 N–H and O–H groups in total. The van der Waals surface area contributed by atoms with Gasteiger partial charge in [-0.2, -0.15) is 0 Å². The number of hydrogen-bond donors (Lipinski definition) is 3. The van der Waals surface area contributed by atoms with Crippen molar-refractivity contribution < 1.29 is 17.9 Å². The average Bonchev–Trinajstić information content (AvgIpc) is 2.42. The van der Waals surface area contributed by atoms with Gasteiger partial charge in [-0.25, -0.2) is 8.42 Å². The van der Waals surface area contributed by atoms with E-state index >= 15 is 0 Å². The number of ether oxygens (including phenoxy) is 1. The maximum Gasteiger partial charge on any atom is 0.237 e. The van der Waals surface area contributed by atoms with Crippen molar-refractivity contribution in [3.8, 4) is 5.75 Å². The lowest BCUT2D eigenvalue weighted by Crippen LogP contribution is -2.45. The highest BCUT2D eigenvalue weighted by Gasteiger charge is 2.16. The number of rotatable bonds is 8. The highest BCUT2D eigenvalue weighted by atomic mass is 32.2. The second-order valence-electron chi connectivity index (χ2n) is 5.31. The molecule has 0 radical (unpaired) electrons. The van der Waals surface area contributed by atoms with Crippen LogP contribution in [0.25, 0.3) is 0 Å². The molecule has 1 aromatic rings. The number of nitrogens with two attached hydrogens (primary N) is 1. The van der Waals surface area contributed by atoms with Gasteiger partial charge in [-0.05, 0) is 30.2 Å². The summed E-state index contributed by atoms with van der Waals surface area (Å²) in [5.41, 5.74) is 6.18. The number of amides is 1. The second kappa shape index (κ2) is 8.00. The fourth-order valence-corrected chi connectivity index (χ4v) is 2.16. The quantitative estimate of drug-likeness (QED) is 0.603. The fraction of sp³-hybridized carbons (Fsp3) is 0.500. The first-order chi connectivity index (χ1) is 10.2. The molecule has 0 unspecified atom stereocenters. The Balaban J connectivity index is 2.35. The largest absolute Gasteiger partial charge is 0.492 e. The molecule has 1 amide bonds. The smallest absolute Gasteiger partial charge is 0.237 e. The predicted octanol–water partition coefficient (Wildman–Crippen LogP) is 0.536. The van der Waals surface area contributed by atoms with Gasteiger partial charge in [-0.3, -0.25) is 9.52 Å². The van der Waals surface area contributed by atoms with Crippen molar-refractivity contribution in [3.63, 3.8) is 0 Å². The molecule has 0 heterocycles. The Kier molecular flexibility index (Phi) is 6.63. The number of anilines is 1. The molecular formula is C14H23N3O4S. The number of benzene rings is 1. The first-order valence-corrected chi connectivity index (χ1v) is 8.82. The third-order valence-electron chi connectivity index (χ3n) is 2.85. The Bertz CT molecular complexity index is 585. The maximum atomic E-state index is 11.6. The van der Waals surface area contributed by atoms with Gasteiger partial charge in [0.05, 0.1) is 18.8 Å². The molecule has 0 aliphatic rings. The van der Waals surface area contributed by atoms with Crippen LogP contribution in [0.2, 0.25) is 0 Å². The fourth-order valence-electron chi connectivity index (χ4n) is 1.60. The van der Waals surface area contributed by atoms with Crippen molar-refractivity contribution >= 4 is 21.6 Å². The second-order valence-corrected chi connectivity index (χ2v) is 7.06. The SMILES string of the molecule is CC(C)[C@H](N)C(=O)NCCOc1ccc(NS(C)(=O)=O)cc1. The molecule has 1 aromatic carbocycles. The molecule has 1 rings (SSSR count). The summed E-state index contributed by atoms with van der Waals surface area (Å²) in [5.74, 6) is 0.462. The maximum absolute atomic E-state index is 11.6. The summed E-state index contributed by atoms with van der Waals surface area (Å²) in [7, 11) is -3.29. The van der Waals surface area contributed by atoms with Gasteiger partial charge in [-0.15, -0.1) is 0 Å². The van der Waals surface area contributed by atoms with Crippen LogP contribution in [-0.2, 0) is 14.8 Å². The van der Waals surface area contributed by atoms with Crippen molar-refractivity contribution in [3.05, 3.63) is 24.3 Å². The third kappa shape index (κ3) is 6.77. The molecule has 7 nitrogen and oxygen atoms in total. The Labute approximate surface area is 131 Å². The van der Waals surface area contributed by atoms with Crippen molar-refractivity contribution in [1.82, 2.24) is 5.32 Å². The van der Waals surface area contributed by atoms with E-state index in [0.717, 1.165) is 6.26 Å². The summed E-state index contributed by atoms with van der Waals surface area (Å²) in [4.78, 5) is 11.6. The minimum atomic E-state index is -3.29. The molecule has 1 atom stereocenters. The van der Waals surface area contributed by atoms with Crippen molar-refractivity contribution in [2.45, 2.75) is 19.9 Å². The molecule has 0 saturated carbocycles. The first-order valence-electron chi connectivity index (χ1n) is 6.93. The van der Waals surface area contributed by atoms with E-state index in [1.54, 1.807) is 24.3 Å². The van der Waals surface area contributed by atoms with Crippen molar-refractivity contribution in [1.29, 1.82) is 0 Å². The molecule has 0 bridgehead atoms. The van der Waals surface area contributed by atoms with Gasteiger partial charge in [0.25, 0.3) is 0 Å². The van der Waals surface area contributed by atoms with E-state index in [-0.39, 0.29) is 11.8 Å². The van der Waals surface area contributed by atoms with Gasteiger partial charge in [0, 0.05) is 5.69 Å². The van der Waals surface area contributed by atoms with Crippen LogP contribution in [0, 0.1) is 5.92 Å². The molecule has 0 aliphatic heterocycles. The zero-order valence-electron chi connectivity index (χ0n) is 13.0. The number of carbonyl (C=O) groups is 1. The normalized spacial score (nSPS) is 12.8. The molecule has 124 valence electrons.